The van der Waals surface area contributed by atoms with Gasteiger partial charge in [-0.2, -0.15) is 0 Å². The van der Waals surface area contributed by atoms with Gasteiger partial charge in [0, 0.05) is 6.54 Å². The first-order valence-corrected chi connectivity index (χ1v) is 13.3. The lowest BCUT2D eigenvalue weighted by atomic mass is 10.1. The molecular formula is C26H23NO4S2. The summed E-state index contributed by atoms with van der Waals surface area (Å²) in [5.74, 6) is 0. The van der Waals surface area contributed by atoms with Crippen molar-refractivity contribution in [2.45, 2.75) is 28.2 Å². The zero-order valence-corrected chi connectivity index (χ0v) is 19.6. The molecule has 168 valence electrons. The van der Waals surface area contributed by atoms with E-state index in [4.69, 9.17) is 0 Å². The van der Waals surface area contributed by atoms with Crippen molar-refractivity contribution < 1.29 is 16.8 Å². The lowest BCUT2D eigenvalue weighted by molar-refractivity contribution is 0.581. The molecule has 0 heterocycles. The highest BCUT2D eigenvalue weighted by Crippen LogP contribution is 2.26. The van der Waals surface area contributed by atoms with E-state index in [1.165, 1.54) is 0 Å². The van der Waals surface area contributed by atoms with Gasteiger partial charge in [0.25, 0.3) is 0 Å². The van der Waals surface area contributed by atoms with Crippen molar-refractivity contribution in [3.8, 4) is 11.1 Å². The van der Waals surface area contributed by atoms with E-state index in [1.54, 1.807) is 72.8 Å². The largest absolute Gasteiger partial charge is 0.240 e. The molecule has 0 aliphatic rings. The van der Waals surface area contributed by atoms with E-state index in [1.807, 2.05) is 37.3 Å². The number of hydrogen-bond acceptors (Lipinski definition) is 4. The first-order valence-electron chi connectivity index (χ1n) is 10.3. The minimum absolute atomic E-state index is 0.167. The molecule has 0 atom stereocenters. The average Bonchev–Trinajstić information content (AvgIpc) is 2.84. The number of benzene rings is 4. The fourth-order valence-electron chi connectivity index (χ4n) is 3.36. The van der Waals surface area contributed by atoms with Crippen molar-refractivity contribution in [1.29, 1.82) is 0 Å². The molecule has 0 amide bonds. The van der Waals surface area contributed by atoms with Crippen molar-refractivity contribution in [3.63, 3.8) is 0 Å². The summed E-state index contributed by atoms with van der Waals surface area (Å²) in [4.78, 5) is 0.624. The molecule has 0 bridgehead atoms. The second-order valence-electron chi connectivity index (χ2n) is 7.68. The Morgan fingerprint density at radius 3 is 1.55 bits per heavy atom. The van der Waals surface area contributed by atoms with Crippen molar-refractivity contribution in [2.75, 3.05) is 0 Å². The molecule has 0 unspecified atom stereocenters. The molecule has 5 nitrogen and oxygen atoms in total. The molecule has 0 fully saturated rings. The maximum Gasteiger partial charge on any atom is 0.240 e. The summed E-state index contributed by atoms with van der Waals surface area (Å²) in [7, 11) is -7.24. The van der Waals surface area contributed by atoms with Gasteiger partial charge in [0.2, 0.25) is 19.9 Å². The van der Waals surface area contributed by atoms with E-state index < -0.39 is 19.9 Å². The molecule has 7 heteroatoms. The van der Waals surface area contributed by atoms with Crippen LogP contribution in [0.15, 0.2) is 118 Å². The van der Waals surface area contributed by atoms with Crippen LogP contribution < -0.4 is 4.72 Å². The summed E-state index contributed by atoms with van der Waals surface area (Å²) >= 11 is 0. The third-order valence-corrected chi connectivity index (χ3v) is 8.51. The van der Waals surface area contributed by atoms with Crippen LogP contribution in [-0.2, 0) is 26.4 Å². The zero-order valence-electron chi connectivity index (χ0n) is 18.0. The van der Waals surface area contributed by atoms with Gasteiger partial charge >= 0.3 is 0 Å². The Morgan fingerprint density at radius 1 is 0.576 bits per heavy atom. The summed E-state index contributed by atoms with van der Waals surface area (Å²) in [5, 5.41) is 0. The van der Waals surface area contributed by atoms with Crippen LogP contribution >= 0.6 is 0 Å². The fraction of sp³-hybridized carbons (Fsp3) is 0.0769. The predicted molar refractivity (Wildman–Crippen MR) is 129 cm³/mol. The second-order valence-corrected chi connectivity index (χ2v) is 11.4. The first-order chi connectivity index (χ1) is 15.8. The molecular weight excluding hydrogens is 454 g/mol. The monoisotopic (exact) mass is 477 g/mol. The van der Waals surface area contributed by atoms with Crippen LogP contribution in [-0.4, -0.2) is 16.8 Å². The minimum Gasteiger partial charge on any atom is -0.219 e. The van der Waals surface area contributed by atoms with E-state index in [-0.39, 0.29) is 21.2 Å². The highest BCUT2D eigenvalue weighted by atomic mass is 32.2. The molecule has 0 saturated heterocycles. The Kier molecular flexibility index (Phi) is 6.47. The lowest BCUT2D eigenvalue weighted by Gasteiger charge is -2.09. The van der Waals surface area contributed by atoms with Crippen molar-refractivity contribution in [1.82, 2.24) is 4.72 Å². The number of rotatable bonds is 7. The summed E-state index contributed by atoms with van der Waals surface area (Å²) in [6, 6.07) is 29.1. The predicted octanol–water partition coefficient (Wildman–Crippen LogP) is 4.97. The molecule has 1 N–H and O–H groups in total. The maximum absolute atomic E-state index is 12.8. The minimum atomic E-state index is -3.65. The SMILES string of the molecule is Cc1ccc(S(=O)(=O)c2ccc(-c3ccc(S(=O)(=O)NCc4ccccc4)cc3)cc2)cc1. The van der Waals surface area contributed by atoms with Crippen molar-refractivity contribution >= 4 is 19.9 Å². The Labute approximate surface area is 194 Å². The summed E-state index contributed by atoms with van der Waals surface area (Å²) in [5.41, 5.74) is 3.44. The molecule has 4 aromatic rings. The normalized spacial score (nSPS) is 11.9. The van der Waals surface area contributed by atoms with Crippen LogP contribution in [0.5, 0.6) is 0 Å². The molecule has 0 aliphatic heterocycles. The first kappa shape index (κ1) is 22.9. The van der Waals surface area contributed by atoms with Gasteiger partial charge in [0.1, 0.15) is 0 Å². The van der Waals surface area contributed by atoms with Gasteiger partial charge in [-0.05, 0) is 60.0 Å². The molecule has 4 rings (SSSR count). The van der Waals surface area contributed by atoms with E-state index in [2.05, 4.69) is 4.72 Å². The smallest absolute Gasteiger partial charge is 0.219 e. The van der Waals surface area contributed by atoms with Gasteiger partial charge in [0.15, 0.2) is 0 Å². The Morgan fingerprint density at radius 2 is 1.03 bits per heavy atom. The quantitative estimate of drug-likeness (QED) is 0.407. The van der Waals surface area contributed by atoms with Crippen molar-refractivity contribution in [3.05, 3.63) is 114 Å². The number of sulfone groups is 1. The molecule has 0 radical (unpaired) electrons. The summed E-state index contributed by atoms with van der Waals surface area (Å²) in [6.45, 7) is 2.11. The van der Waals surface area contributed by atoms with E-state index in [0.717, 1.165) is 22.3 Å². The zero-order chi connectivity index (χ0) is 23.5. The van der Waals surface area contributed by atoms with Gasteiger partial charge in [-0.3, -0.25) is 0 Å². The Bertz CT molecular complexity index is 1440. The summed E-state index contributed by atoms with van der Waals surface area (Å²) < 4.78 is 53.4. The number of hydrogen-bond donors (Lipinski definition) is 1. The molecule has 4 aromatic carbocycles. The highest BCUT2D eigenvalue weighted by molar-refractivity contribution is 7.91. The van der Waals surface area contributed by atoms with Crippen LogP contribution in [0.1, 0.15) is 11.1 Å². The average molecular weight is 478 g/mol. The van der Waals surface area contributed by atoms with Gasteiger partial charge in [0.05, 0.1) is 14.7 Å². The molecule has 0 saturated carbocycles. The van der Waals surface area contributed by atoms with Crippen LogP contribution in [0.3, 0.4) is 0 Å². The third-order valence-electron chi connectivity index (χ3n) is 5.30. The van der Waals surface area contributed by atoms with Gasteiger partial charge < -0.3 is 0 Å². The molecule has 33 heavy (non-hydrogen) atoms. The number of nitrogens with one attached hydrogen (secondary N) is 1. The molecule has 0 aliphatic carbocycles. The van der Waals surface area contributed by atoms with Crippen LogP contribution in [0, 0.1) is 6.92 Å². The van der Waals surface area contributed by atoms with E-state index in [0.29, 0.717) is 0 Å². The second kappa shape index (κ2) is 9.31. The van der Waals surface area contributed by atoms with Crippen LogP contribution in [0.2, 0.25) is 0 Å². The third kappa shape index (κ3) is 5.22. The topological polar surface area (TPSA) is 80.3 Å². The van der Waals surface area contributed by atoms with E-state index in [9.17, 15) is 16.8 Å². The fourth-order valence-corrected chi connectivity index (χ4v) is 5.64. The molecule has 0 aromatic heterocycles. The van der Waals surface area contributed by atoms with Crippen LogP contribution in [0.4, 0.5) is 0 Å². The lowest BCUT2D eigenvalue weighted by Crippen LogP contribution is -2.23. The maximum atomic E-state index is 12.8. The standard InChI is InChI=1S/C26H23NO4S2/c1-20-7-13-24(14-8-20)32(28,29)25-15-9-22(10-16-25)23-11-17-26(18-12-23)33(30,31)27-19-21-5-3-2-4-6-21/h2-18,27H,19H2,1H3. The van der Waals surface area contributed by atoms with Crippen molar-refractivity contribution in [2.24, 2.45) is 0 Å². The van der Waals surface area contributed by atoms with E-state index >= 15 is 0 Å². The van der Waals surface area contributed by atoms with Crippen LogP contribution in [0.25, 0.3) is 11.1 Å². The Balaban J connectivity index is 1.50. The number of sulfonamides is 1. The Hall–Kier alpha value is -3.26. The number of aryl methyl sites for hydroxylation is 1. The van der Waals surface area contributed by atoms with Gasteiger partial charge in [-0.25, -0.2) is 21.6 Å². The summed E-state index contributed by atoms with van der Waals surface area (Å²) in [6.07, 6.45) is 0. The molecule has 0 spiro atoms. The highest BCUT2D eigenvalue weighted by Gasteiger charge is 2.18. The van der Waals surface area contributed by atoms with Gasteiger partial charge in [-0.1, -0.05) is 72.3 Å². The van der Waals surface area contributed by atoms with Gasteiger partial charge in [-0.15, -0.1) is 0 Å².